The van der Waals surface area contributed by atoms with Crippen molar-refractivity contribution >= 4 is 33.4 Å². The van der Waals surface area contributed by atoms with Gasteiger partial charge in [0.05, 0.1) is 11.4 Å². The van der Waals surface area contributed by atoms with E-state index >= 15 is 0 Å². The summed E-state index contributed by atoms with van der Waals surface area (Å²) in [6.45, 7) is 18.2. The van der Waals surface area contributed by atoms with Crippen molar-refractivity contribution in [2.24, 2.45) is 0 Å². The fourth-order valence-corrected chi connectivity index (χ4v) is 4.78. The average Bonchev–Trinajstić information content (AvgIpc) is 3.50. The molecule has 0 fully saturated rings. The van der Waals surface area contributed by atoms with E-state index in [4.69, 9.17) is 0 Å². The van der Waals surface area contributed by atoms with Gasteiger partial charge in [0.2, 0.25) is 15.9 Å². The number of unbranched alkanes of at least 4 members (excludes halogenated alkanes) is 1. The van der Waals surface area contributed by atoms with Crippen LogP contribution >= 0.6 is 0 Å². The molecule has 0 saturated heterocycles. The lowest BCUT2D eigenvalue weighted by Crippen LogP contribution is -2.48. The van der Waals surface area contributed by atoms with Gasteiger partial charge in [-0.1, -0.05) is 54.8 Å². The SMILES string of the molecule is C=C(/C=C\C(C)=CC)n1cncn1.CCCCS(=O)(=O)NC(=O)C(NC(=O)C(C)N(C)C(=O)c1cc(C)cc(C)c1)=C(C)C. The molecule has 2 N–H and O–H groups in total. The fourth-order valence-electron chi connectivity index (χ4n) is 3.62. The summed E-state index contributed by atoms with van der Waals surface area (Å²) in [5.74, 6) is -2.01. The first-order valence-electron chi connectivity index (χ1n) is 14.3. The van der Waals surface area contributed by atoms with Gasteiger partial charge in [0, 0.05) is 12.6 Å². The number of aromatic nitrogens is 3. The summed E-state index contributed by atoms with van der Waals surface area (Å²) in [4.78, 5) is 43.1. The van der Waals surface area contributed by atoms with Crippen molar-refractivity contribution in [1.29, 1.82) is 0 Å². The third-order valence-corrected chi connectivity index (χ3v) is 7.77. The lowest BCUT2D eigenvalue weighted by Gasteiger charge is -2.25. The highest BCUT2D eigenvalue weighted by Crippen LogP contribution is 2.13. The number of likely N-dealkylation sites (N-methyl/N-ethyl adjacent to an activating group) is 1. The van der Waals surface area contributed by atoms with E-state index in [-0.39, 0.29) is 17.4 Å². The Balaban J connectivity index is 0.000000617. The number of aryl methyl sites for hydroxylation is 2. The van der Waals surface area contributed by atoms with Gasteiger partial charge in [-0.3, -0.25) is 14.4 Å². The summed E-state index contributed by atoms with van der Waals surface area (Å²) < 4.78 is 27.7. The Hall–Kier alpha value is -4.32. The predicted octanol–water partition coefficient (Wildman–Crippen LogP) is 4.69. The molecule has 2 rings (SSSR count). The van der Waals surface area contributed by atoms with Crippen LogP contribution in [0.4, 0.5) is 0 Å². The maximum atomic E-state index is 12.8. The standard InChI is InChI=1S/C22H33N3O5S.C10H13N3/c1-8-9-10-31(29,30)24-21(27)19(14(2)3)23-20(26)17(6)25(7)22(28)18-12-15(4)11-16(5)13-18;1-4-9(2)5-6-10(3)13-8-11-7-12-13/h11-13,17H,8-10H2,1-7H3,(H,23,26)(H,24,27);4-8H,3H2,1-2H3/b;6-5-,9-4?. The Morgan fingerprint density at radius 1 is 1.09 bits per heavy atom. The minimum Gasteiger partial charge on any atom is -0.330 e. The Bertz CT molecular complexity index is 1500. The normalized spacial score (nSPS) is 12.1. The maximum Gasteiger partial charge on any atom is 0.281 e. The van der Waals surface area contributed by atoms with Crippen molar-refractivity contribution < 1.29 is 22.8 Å². The van der Waals surface area contributed by atoms with Crippen molar-refractivity contribution in [3.8, 4) is 0 Å². The third kappa shape index (κ3) is 12.5. The minimum absolute atomic E-state index is 0.149. The number of benzene rings is 1. The fraction of sp³-hybridized carbons (Fsp3) is 0.406. The van der Waals surface area contributed by atoms with E-state index < -0.39 is 27.9 Å². The summed E-state index contributed by atoms with van der Waals surface area (Å²) in [5.41, 5.74) is 4.61. The molecular formula is C32H46N6O5S. The molecule has 11 nitrogen and oxygen atoms in total. The number of hydrogen-bond acceptors (Lipinski definition) is 7. The molecule has 0 spiro atoms. The lowest BCUT2D eigenvalue weighted by atomic mass is 10.1. The summed E-state index contributed by atoms with van der Waals surface area (Å²) in [6.07, 6.45) is 10.1. The highest BCUT2D eigenvalue weighted by atomic mass is 32.2. The summed E-state index contributed by atoms with van der Waals surface area (Å²) in [5, 5.41) is 6.43. The van der Waals surface area contributed by atoms with Gasteiger partial charge in [0.1, 0.15) is 24.4 Å². The van der Waals surface area contributed by atoms with Gasteiger partial charge in [0.15, 0.2) is 0 Å². The van der Waals surface area contributed by atoms with Crippen molar-refractivity contribution in [2.75, 3.05) is 12.8 Å². The Labute approximate surface area is 261 Å². The molecule has 0 bridgehead atoms. The largest absolute Gasteiger partial charge is 0.330 e. The number of sulfonamides is 1. The Morgan fingerprint density at radius 3 is 2.20 bits per heavy atom. The smallest absolute Gasteiger partial charge is 0.281 e. The van der Waals surface area contributed by atoms with Crippen LogP contribution in [0.1, 0.15) is 75.9 Å². The quantitative estimate of drug-likeness (QED) is 0.257. The summed E-state index contributed by atoms with van der Waals surface area (Å²) >= 11 is 0. The van der Waals surface area contributed by atoms with Crippen LogP contribution in [0.5, 0.6) is 0 Å². The number of hydrogen-bond donors (Lipinski definition) is 2. The first-order valence-corrected chi connectivity index (χ1v) is 15.9. The van der Waals surface area contributed by atoms with Crippen LogP contribution in [0.3, 0.4) is 0 Å². The van der Waals surface area contributed by atoms with Gasteiger partial charge in [0.25, 0.3) is 11.8 Å². The molecule has 44 heavy (non-hydrogen) atoms. The number of carbonyl (C=O) groups excluding carboxylic acids is 3. The third-order valence-electron chi connectivity index (χ3n) is 6.45. The van der Waals surface area contributed by atoms with E-state index in [1.807, 2.05) is 63.6 Å². The Kier molecular flexibility index (Phi) is 15.2. The van der Waals surface area contributed by atoms with E-state index in [2.05, 4.69) is 22.0 Å². The number of nitrogens with one attached hydrogen (secondary N) is 2. The first kappa shape index (κ1) is 37.7. The zero-order chi connectivity index (χ0) is 33.6. The van der Waals surface area contributed by atoms with Gasteiger partial charge in [-0.15, -0.1) is 0 Å². The highest BCUT2D eigenvalue weighted by Gasteiger charge is 2.27. The van der Waals surface area contributed by atoms with Crippen LogP contribution in [-0.4, -0.2) is 64.6 Å². The number of rotatable bonds is 12. The average molecular weight is 627 g/mol. The molecule has 3 amide bonds. The highest BCUT2D eigenvalue weighted by molar-refractivity contribution is 7.90. The van der Waals surface area contributed by atoms with Crippen molar-refractivity contribution in [3.05, 3.63) is 89.2 Å². The summed E-state index contributed by atoms with van der Waals surface area (Å²) in [6, 6.07) is 4.53. The molecule has 1 unspecified atom stereocenters. The number of nitrogens with zero attached hydrogens (tertiary/aromatic N) is 4. The molecule has 240 valence electrons. The molecule has 0 aliphatic carbocycles. The van der Waals surface area contributed by atoms with Crippen LogP contribution in [-0.2, 0) is 19.6 Å². The van der Waals surface area contributed by atoms with Crippen LogP contribution in [0, 0.1) is 13.8 Å². The molecule has 1 aromatic heterocycles. The van der Waals surface area contributed by atoms with E-state index in [0.717, 1.165) is 16.8 Å². The Morgan fingerprint density at radius 2 is 1.70 bits per heavy atom. The topological polar surface area (TPSA) is 143 Å². The molecule has 0 saturated carbocycles. The van der Waals surface area contributed by atoms with Gasteiger partial charge < -0.3 is 10.2 Å². The van der Waals surface area contributed by atoms with Crippen molar-refractivity contribution in [1.82, 2.24) is 29.7 Å². The van der Waals surface area contributed by atoms with E-state index in [0.29, 0.717) is 24.0 Å². The van der Waals surface area contributed by atoms with Gasteiger partial charge in [-0.25, -0.2) is 22.8 Å². The van der Waals surface area contributed by atoms with Gasteiger partial charge >= 0.3 is 0 Å². The van der Waals surface area contributed by atoms with E-state index in [1.54, 1.807) is 37.0 Å². The molecule has 1 heterocycles. The second kappa shape index (κ2) is 17.7. The molecule has 1 aromatic carbocycles. The monoisotopic (exact) mass is 626 g/mol. The van der Waals surface area contributed by atoms with Gasteiger partial charge in [-0.2, -0.15) is 5.10 Å². The minimum atomic E-state index is -3.80. The van der Waals surface area contributed by atoms with Crippen LogP contribution in [0.15, 0.2) is 72.5 Å². The number of carbonyl (C=O) groups is 3. The van der Waals surface area contributed by atoms with Gasteiger partial charge in [-0.05, 0) is 78.7 Å². The zero-order valence-electron chi connectivity index (χ0n) is 27.3. The molecular weight excluding hydrogens is 580 g/mol. The van der Waals surface area contributed by atoms with Crippen LogP contribution < -0.4 is 10.0 Å². The molecule has 0 radical (unpaired) electrons. The number of allylic oxidation sites excluding steroid dienone is 6. The molecule has 1 atom stereocenters. The molecule has 0 aliphatic heterocycles. The summed E-state index contributed by atoms with van der Waals surface area (Å²) in [7, 11) is -2.30. The molecule has 12 heteroatoms. The molecule has 0 aliphatic rings. The zero-order valence-corrected chi connectivity index (χ0v) is 28.1. The second-order valence-electron chi connectivity index (χ2n) is 10.6. The first-order chi connectivity index (χ1) is 20.5. The predicted molar refractivity (Wildman–Crippen MR) is 175 cm³/mol. The van der Waals surface area contributed by atoms with E-state index in [9.17, 15) is 22.8 Å². The van der Waals surface area contributed by atoms with Crippen molar-refractivity contribution in [3.63, 3.8) is 0 Å². The second-order valence-corrected chi connectivity index (χ2v) is 12.5. The van der Waals surface area contributed by atoms with E-state index in [1.165, 1.54) is 30.8 Å². The van der Waals surface area contributed by atoms with Crippen LogP contribution in [0.2, 0.25) is 0 Å². The maximum absolute atomic E-state index is 12.8. The molecule has 2 aromatic rings. The van der Waals surface area contributed by atoms with Crippen molar-refractivity contribution in [2.45, 2.75) is 74.3 Å². The number of amides is 3. The lowest BCUT2D eigenvalue weighted by molar-refractivity contribution is -0.126. The van der Waals surface area contributed by atoms with Crippen LogP contribution in [0.25, 0.3) is 5.70 Å².